The van der Waals surface area contributed by atoms with E-state index < -0.39 is 0 Å². The van der Waals surface area contributed by atoms with Gasteiger partial charge in [0.2, 0.25) is 5.91 Å². The number of methoxy groups -OCH3 is 4. The SMILES string of the molecule is COc1cc(C[C@H]2C[C@H]3c4cc(OC)c(OC)cc4CCN3C2=O)cc(OC)c1. The number of rotatable bonds is 6. The molecular weight excluding hydrogens is 370 g/mol. The number of ether oxygens (including phenoxy) is 4. The van der Waals surface area contributed by atoms with E-state index in [4.69, 9.17) is 18.9 Å². The number of fused-ring (bicyclic) bond motifs is 3. The van der Waals surface area contributed by atoms with E-state index in [0.29, 0.717) is 12.2 Å². The van der Waals surface area contributed by atoms with Crippen LogP contribution in [0.15, 0.2) is 30.3 Å². The van der Waals surface area contributed by atoms with E-state index in [1.165, 1.54) is 11.1 Å². The normalized spacial score (nSPS) is 20.1. The highest BCUT2D eigenvalue weighted by atomic mass is 16.5. The molecule has 0 unspecified atom stereocenters. The van der Waals surface area contributed by atoms with Crippen LogP contribution < -0.4 is 18.9 Å². The summed E-state index contributed by atoms with van der Waals surface area (Å²) in [6.07, 6.45) is 2.29. The molecule has 0 aliphatic carbocycles. The Balaban J connectivity index is 1.61. The van der Waals surface area contributed by atoms with Crippen LogP contribution in [-0.4, -0.2) is 45.8 Å². The number of carbonyl (C=O) groups is 1. The van der Waals surface area contributed by atoms with Gasteiger partial charge in [0.15, 0.2) is 11.5 Å². The van der Waals surface area contributed by atoms with Crippen molar-refractivity contribution in [3.05, 3.63) is 47.0 Å². The first-order chi connectivity index (χ1) is 14.1. The van der Waals surface area contributed by atoms with Gasteiger partial charge in [0, 0.05) is 18.5 Å². The molecule has 29 heavy (non-hydrogen) atoms. The van der Waals surface area contributed by atoms with Crippen LogP contribution >= 0.6 is 0 Å². The van der Waals surface area contributed by atoms with Gasteiger partial charge in [-0.2, -0.15) is 0 Å². The minimum Gasteiger partial charge on any atom is -0.497 e. The minimum absolute atomic E-state index is 0.0594. The molecule has 2 aromatic carbocycles. The Bertz CT molecular complexity index is 903. The molecular formula is C23H27NO5. The summed E-state index contributed by atoms with van der Waals surface area (Å²) in [6.45, 7) is 0.740. The van der Waals surface area contributed by atoms with Crippen LogP contribution in [0.5, 0.6) is 23.0 Å². The van der Waals surface area contributed by atoms with Crippen LogP contribution in [0.3, 0.4) is 0 Å². The minimum atomic E-state index is -0.0594. The maximum absolute atomic E-state index is 13.1. The van der Waals surface area contributed by atoms with E-state index in [9.17, 15) is 4.79 Å². The molecule has 2 heterocycles. The molecule has 1 saturated heterocycles. The van der Waals surface area contributed by atoms with Gasteiger partial charge in [0.25, 0.3) is 0 Å². The van der Waals surface area contributed by atoms with Crippen molar-refractivity contribution in [1.82, 2.24) is 4.90 Å². The summed E-state index contributed by atoms with van der Waals surface area (Å²) in [7, 11) is 6.57. The number of carbonyl (C=O) groups excluding carboxylic acids is 1. The summed E-state index contributed by atoms with van der Waals surface area (Å²) in [6, 6.07) is 9.98. The average Bonchev–Trinajstić information content (AvgIpc) is 3.07. The van der Waals surface area contributed by atoms with Crippen molar-refractivity contribution in [2.24, 2.45) is 5.92 Å². The molecule has 2 aliphatic heterocycles. The molecule has 1 amide bonds. The first-order valence-electron chi connectivity index (χ1n) is 9.85. The van der Waals surface area contributed by atoms with Gasteiger partial charge in [0.05, 0.1) is 34.5 Å². The molecule has 2 atom stereocenters. The molecule has 154 valence electrons. The van der Waals surface area contributed by atoms with Crippen molar-refractivity contribution in [1.29, 1.82) is 0 Å². The number of benzene rings is 2. The maximum Gasteiger partial charge on any atom is 0.226 e. The molecule has 6 nitrogen and oxygen atoms in total. The predicted molar refractivity (Wildman–Crippen MR) is 109 cm³/mol. The third kappa shape index (κ3) is 3.48. The van der Waals surface area contributed by atoms with Gasteiger partial charge in [-0.3, -0.25) is 4.79 Å². The molecule has 0 N–H and O–H groups in total. The van der Waals surface area contributed by atoms with Crippen molar-refractivity contribution < 1.29 is 23.7 Å². The van der Waals surface area contributed by atoms with E-state index in [1.807, 2.05) is 29.2 Å². The summed E-state index contributed by atoms with van der Waals surface area (Å²) < 4.78 is 21.7. The molecule has 1 fully saturated rings. The topological polar surface area (TPSA) is 57.2 Å². The Hall–Kier alpha value is -2.89. The van der Waals surface area contributed by atoms with Crippen molar-refractivity contribution in [3.63, 3.8) is 0 Å². The first-order valence-corrected chi connectivity index (χ1v) is 9.85. The largest absolute Gasteiger partial charge is 0.497 e. The molecule has 0 bridgehead atoms. The summed E-state index contributed by atoms with van der Waals surface area (Å²) >= 11 is 0. The second-order valence-electron chi connectivity index (χ2n) is 7.56. The van der Waals surface area contributed by atoms with Crippen molar-refractivity contribution in [3.8, 4) is 23.0 Å². The zero-order valence-corrected chi connectivity index (χ0v) is 17.4. The lowest BCUT2D eigenvalue weighted by atomic mass is 9.89. The van der Waals surface area contributed by atoms with E-state index in [2.05, 4.69) is 6.07 Å². The second-order valence-corrected chi connectivity index (χ2v) is 7.56. The van der Waals surface area contributed by atoms with Crippen LogP contribution in [0.1, 0.15) is 29.2 Å². The zero-order valence-electron chi connectivity index (χ0n) is 17.4. The van der Waals surface area contributed by atoms with Crippen molar-refractivity contribution in [2.75, 3.05) is 35.0 Å². The van der Waals surface area contributed by atoms with Crippen LogP contribution in [0.4, 0.5) is 0 Å². The molecule has 0 saturated carbocycles. The Morgan fingerprint density at radius 2 is 1.55 bits per heavy atom. The first kappa shape index (κ1) is 19.4. The smallest absolute Gasteiger partial charge is 0.226 e. The van der Waals surface area contributed by atoms with Crippen LogP contribution in [0.25, 0.3) is 0 Å². The average molecular weight is 397 g/mol. The lowest BCUT2D eigenvalue weighted by Crippen LogP contribution is -2.35. The summed E-state index contributed by atoms with van der Waals surface area (Å²) in [4.78, 5) is 15.2. The van der Waals surface area contributed by atoms with Crippen LogP contribution in [0, 0.1) is 5.92 Å². The highest BCUT2D eigenvalue weighted by Crippen LogP contribution is 2.45. The van der Waals surface area contributed by atoms with E-state index in [0.717, 1.165) is 42.2 Å². The molecule has 0 aromatic heterocycles. The fourth-order valence-corrected chi connectivity index (χ4v) is 4.59. The van der Waals surface area contributed by atoms with E-state index in [1.54, 1.807) is 28.4 Å². The highest BCUT2D eigenvalue weighted by molar-refractivity contribution is 5.82. The van der Waals surface area contributed by atoms with Crippen LogP contribution in [0.2, 0.25) is 0 Å². The molecule has 4 rings (SSSR count). The standard InChI is InChI=1S/C23H27NO5/c1-26-17-8-14(9-18(12-17)27-2)7-16-10-20-19-13-22(29-4)21(28-3)11-15(19)5-6-24(20)23(16)25/h8-9,11-13,16,20H,5-7,10H2,1-4H3/t16-,20-/m0/s1. The zero-order chi connectivity index (χ0) is 20.5. The number of hydrogen-bond acceptors (Lipinski definition) is 5. The summed E-state index contributed by atoms with van der Waals surface area (Å²) in [5.74, 6) is 3.09. The van der Waals surface area contributed by atoms with Gasteiger partial charge in [-0.25, -0.2) is 0 Å². The van der Waals surface area contributed by atoms with E-state index >= 15 is 0 Å². The summed E-state index contributed by atoms with van der Waals surface area (Å²) in [5.41, 5.74) is 3.46. The third-order valence-corrected chi connectivity index (χ3v) is 6.04. The fraction of sp³-hybridized carbons (Fsp3) is 0.435. The molecule has 2 aromatic rings. The third-order valence-electron chi connectivity index (χ3n) is 6.04. The Morgan fingerprint density at radius 3 is 2.17 bits per heavy atom. The van der Waals surface area contributed by atoms with Crippen molar-refractivity contribution >= 4 is 5.91 Å². The number of amides is 1. The molecule has 0 spiro atoms. The van der Waals surface area contributed by atoms with Gasteiger partial charge >= 0.3 is 0 Å². The van der Waals surface area contributed by atoms with Gasteiger partial charge in [0.1, 0.15) is 11.5 Å². The monoisotopic (exact) mass is 397 g/mol. The Kier molecular flexibility index (Phi) is 5.26. The van der Waals surface area contributed by atoms with E-state index in [-0.39, 0.29) is 17.9 Å². The van der Waals surface area contributed by atoms with Gasteiger partial charge < -0.3 is 23.8 Å². The maximum atomic E-state index is 13.1. The molecule has 2 aliphatic rings. The lowest BCUT2D eigenvalue weighted by Gasteiger charge is -2.32. The van der Waals surface area contributed by atoms with Crippen LogP contribution in [-0.2, 0) is 17.6 Å². The Morgan fingerprint density at radius 1 is 0.897 bits per heavy atom. The van der Waals surface area contributed by atoms with Gasteiger partial charge in [-0.05, 0) is 60.2 Å². The lowest BCUT2D eigenvalue weighted by molar-refractivity contribution is -0.132. The number of hydrogen-bond donors (Lipinski definition) is 0. The highest BCUT2D eigenvalue weighted by Gasteiger charge is 2.43. The predicted octanol–water partition coefficient (Wildman–Crippen LogP) is 3.41. The Labute approximate surface area is 171 Å². The fourth-order valence-electron chi connectivity index (χ4n) is 4.59. The van der Waals surface area contributed by atoms with Gasteiger partial charge in [-0.15, -0.1) is 0 Å². The summed E-state index contributed by atoms with van der Waals surface area (Å²) in [5, 5.41) is 0. The van der Waals surface area contributed by atoms with Gasteiger partial charge in [-0.1, -0.05) is 0 Å². The second kappa shape index (κ2) is 7.85. The van der Waals surface area contributed by atoms with Crippen molar-refractivity contribution in [2.45, 2.75) is 25.3 Å². The quantitative estimate of drug-likeness (QED) is 0.748. The molecule has 0 radical (unpaired) electrons. The molecule has 6 heteroatoms. The number of nitrogens with zero attached hydrogens (tertiary/aromatic N) is 1.